The first kappa shape index (κ1) is 29.3. The van der Waals surface area contributed by atoms with E-state index in [9.17, 15) is 22.8 Å². The first-order valence-electron chi connectivity index (χ1n) is 13.7. The second-order valence-corrected chi connectivity index (χ2v) is 11.0. The zero-order chi connectivity index (χ0) is 29.5. The fourth-order valence-corrected chi connectivity index (χ4v) is 6.02. The number of halogens is 3. The smallest absolute Gasteiger partial charge is 0.405 e. The molecule has 2 amide bonds. The average molecular weight is 594 g/mol. The zero-order valence-electron chi connectivity index (χ0n) is 22.8. The maximum atomic E-state index is 13.6. The summed E-state index contributed by atoms with van der Waals surface area (Å²) < 4.78 is 42.5. The number of piperidine rings is 1. The Morgan fingerprint density at radius 3 is 2.19 bits per heavy atom. The van der Waals surface area contributed by atoms with Gasteiger partial charge in [-0.25, -0.2) is 4.98 Å². The number of likely N-dealkylation sites (tertiary alicyclic amines) is 1. The lowest BCUT2D eigenvalue weighted by Gasteiger charge is -2.31. The summed E-state index contributed by atoms with van der Waals surface area (Å²) in [7, 11) is 0. The topological polar surface area (TPSA) is 62.7 Å². The van der Waals surface area contributed by atoms with Crippen LogP contribution in [-0.4, -0.2) is 52.6 Å². The Balaban J connectivity index is 1.23. The van der Waals surface area contributed by atoms with E-state index < -0.39 is 18.0 Å². The van der Waals surface area contributed by atoms with Crippen molar-refractivity contribution in [1.29, 1.82) is 0 Å². The number of amides is 2. The predicted molar refractivity (Wildman–Crippen MR) is 154 cm³/mol. The van der Waals surface area contributed by atoms with Crippen molar-refractivity contribution in [2.45, 2.75) is 38.1 Å². The van der Waals surface area contributed by atoms with E-state index in [0.29, 0.717) is 44.7 Å². The van der Waals surface area contributed by atoms with Crippen molar-refractivity contribution in [2.24, 2.45) is 0 Å². The van der Waals surface area contributed by atoms with Gasteiger partial charge in [0.2, 0.25) is 0 Å². The Bertz CT molecular complexity index is 1490. The number of aromatic nitrogens is 1. The zero-order valence-corrected chi connectivity index (χ0v) is 23.6. The predicted octanol–water partition coefficient (Wildman–Crippen LogP) is 6.95. The third-order valence-electron chi connectivity index (χ3n) is 7.23. The quantitative estimate of drug-likeness (QED) is 0.211. The minimum Gasteiger partial charge on any atom is -0.405 e. The molecule has 1 aliphatic rings. The fourth-order valence-electron chi connectivity index (χ4n) is 5.06. The fraction of sp³-hybridized carbons (Fsp3) is 0.281. The van der Waals surface area contributed by atoms with E-state index in [-0.39, 0.29) is 17.4 Å². The summed E-state index contributed by atoms with van der Waals surface area (Å²) in [6, 6.07) is 25.3. The molecule has 3 aromatic carbocycles. The lowest BCUT2D eigenvalue weighted by atomic mass is 9.97. The molecule has 0 aliphatic carbocycles. The molecule has 42 heavy (non-hydrogen) atoms. The Hall–Kier alpha value is -4.18. The van der Waals surface area contributed by atoms with Gasteiger partial charge < -0.3 is 14.5 Å². The van der Waals surface area contributed by atoms with Crippen LogP contribution in [0.4, 0.5) is 13.2 Å². The summed E-state index contributed by atoms with van der Waals surface area (Å²) in [5, 5.41) is 2.62. The number of benzene rings is 3. The second kappa shape index (κ2) is 13.2. The van der Waals surface area contributed by atoms with Crippen molar-refractivity contribution in [1.82, 2.24) is 14.8 Å². The molecule has 218 valence electrons. The largest absolute Gasteiger partial charge is 0.573 e. The van der Waals surface area contributed by atoms with Gasteiger partial charge in [0.1, 0.15) is 11.4 Å². The van der Waals surface area contributed by atoms with Crippen molar-refractivity contribution in [3.05, 3.63) is 118 Å². The van der Waals surface area contributed by atoms with Crippen molar-refractivity contribution in [3.63, 3.8) is 0 Å². The lowest BCUT2D eigenvalue weighted by molar-refractivity contribution is -0.274. The van der Waals surface area contributed by atoms with E-state index in [0.717, 1.165) is 28.6 Å². The van der Waals surface area contributed by atoms with Crippen LogP contribution < -0.4 is 4.74 Å². The summed E-state index contributed by atoms with van der Waals surface area (Å²) in [6.45, 7) is 1.75. The first-order valence-corrected chi connectivity index (χ1v) is 14.6. The number of carbonyl (C=O) groups is 2. The molecular weight excluding hydrogens is 563 g/mol. The molecule has 0 unspecified atom stereocenters. The number of rotatable bonds is 9. The Kier molecular flexibility index (Phi) is 9.22. The van der Waals surface area contributed by atoms with Gasteiger partial charge in [-0.1, -0.05) is 72.8 Å². The molecule has 1 aromatic heterocycles. The van der Waals surface area contributed by atoms with Gasteiger partial charge in [-0.3, -0.25) is 9.59 Å². The minimum absolute atomic E-state index is 0.0501. The third-order valence-corrected chi connectivity index (χ3v) is 8.24. The molecule has 0 spiro atoms. The molecule has 1 fully saturated rings. The molecule has 0 radical (unpaired) electrons. The van der Waals surface area contributed by atoms with Crippen LogP contribution >= 0.6 is 11.3 Å². The van der Waals surface area contributed by atoms with Gasteiger partial charge in [0, 0.05) is 37.5 Å². The highest BCUT2D eigenvalue weighted by Crippen LogP contribution is 2.33. The van der Waals surface area contributed by atoms with Crippen molar-refractivity contribution in [3.8, 4) is 5.75 Å². The molecule has 0 N–H and O–H groups in total. The summed E-state index contributed by atoms with van der Waals surface area (Å²) in [4.78, 5) is 34.7. The van der Waals surface area contributed by atoms with Crippen molar-refractivity contribution >= 4 is 23.2 Å². The third kappa shape index (κ3) is 7.55. The van der Waals surface area contributed by atoms with Crippen LogP contribution in [0.25, 0.3) is 0 Å². The van der Waals surface area contributed by atoms with Gasteiger partial charge in [-0.15, -0.1) is 24.5 Å². The van der Waals surface area contributed by atoms with Crippen LogP contribution in [0.5, 0.6) is 5.75 Å². The number of para-hydroxylation sites is 1. The summed E-state index contributed by atoms with van der Waals surface area (Å²) >= 11 is 1.43. The summed E-state index contributed by atoms with van der Waals surface area (Å²) in [6.07, 6.45) is -2.98. The normalized spacial score (nSPS) is 14.0. The minimum atomic E-state index is -4.89. The number of hydrogen-bond acceptors (Lipinski definition) is 5. The van der Waals surface area contributed by atoms with E-state index >= 15 is 0 Å². The van der Waals surface area contributed by atoms with Gasteiger partial charge in [0.15, 0.2) is 0 Å². The standard InChI is InChI=1S/C32H30F3N3O3S/c33-32(34,35)41-28-14-8-7-13-26(28)30(39)37-19-16-25(17-20-37)29-36-27(22-42-29)31(40)38(21-24-11-5-2-6-12-24)18-15-23-9-3-1-4-10-23/h1-14,22,25H,15-21H2. The van der Waals surface area contributed by atoms with Gasteiger partial charge >= 0.3 is 6.36 Å². The van der Waals surface area contributed by atoms with Gasteiger partial charge in [-0.05, 0) is 42.5 Å². The highest BCUT2D eigenvalue weighted by molar-refractivity contribution is 7.09. The molecule has 2 heterocycles. The number of alkyl halides is 3. The molecule has 0 saturated carbocycles. The van der Waals surface area contributed by atoms with E-state index in [1.807, 2.05) is 65.6 Å². The van der Waals surface area contributed by atoms with Crippen LogP contribution in [0.3, 0.4) is 0 Å². The van der Waals surface area contributed by atoms with Crippen LogP contribution in [0.15, 0.2) is 90.3 Å². The number of hydrogen-bond donors (Lipinski definition) is 0. The van der Waals surface area contributed by atoms with E-state index in [1.165, 1.54) is 29.5 Å². The van der Waals surface area contributed by atoms with E-state index in [1.54, 1.807) is 10.3 Å². The summed E-state index contributed by atoms with van der Waals surface area (Å²) in [5.74, 6) is -1.09. The molecule has 10 heteroatoms. The maximum absolute atomic E-state index is 13.6. The average Bonchev–Trinajstić information content (AvgIpc) is 3.50. The van der Waals surface area contributed by atoms with Crippen LogP contribution in [0, 0.1) is 0 Å². The van der Waals surface area contributed by atoms with Gasteiger partial charge in [0.05, 0.1) is 10.6 Å². The SMILES string of the molecule is O=C(c1csc(C2CCN(C(=O)c3ccccc3OC(F)(F)F)CC2)n1)N(CCc1ccccc1)Cc1ccccc1. The molecule has 0 bridgehead atoms. The van der Waals surface area contributed by atoms with E-state index in [2.05, 4.69) is 4.74 Å². The molecule has 6 nitrogen and oxygen atoms in total. The number of ether oxygens (including phenoxy) is 1. The maximum Gasteiger partial charge on any atom is 0.573 e. The first-order chi connectivity index (χ1) is 20.3. The summed E-state index contributed by atoms with van der Waals surface area (Å²) in [5.41, 5.74) is 2.46. The Morgan fingerprint density at radius 1 is 0.905 bits per heavy atom. The Morgan fingerprint density at radius 2 is 1.52 bits per heavy atom. The number of carbonyl (C=O) groups excluding carboxylic acids is 2. The van der Waals surface area contributed by atoms with Gasteiger partial charge in [0.25, 0.3) is 11.8 Å². The number of nitrogens with zero attached hydrogens (tertiary/aromatic N) is 3. The highest BCUT2D eigenvalue weighted by Gasteiger charge is 2.34. The van der Waals surface area contributed by atoms with Crippen LogP contribution in [0.1, 0.15) is 55.7 Å². The monoisotopic (exact) mass is 593 g/mol. The van der Waals surface area contributed by atoms with Crippen molar-refractivity contribution in [2.75, 3.05) is 19.6 Å². The molecule has 1 saturated heterocycles. The number of thiazole rings is 1. The Labute approximate surface area is 246 Å². The lowest BCUT2D eigenvalue weighted by Crippen LogP contribution is -2.38. The molecule has 1 aliphatic heterocycles. The molecule has 4 aromatic rings. The van der Waals surface area contributed by atoms with Gasteiger partial charge in [-0.2, -0.15) is 0 Å². The van der Waals surface area contributed by atoms with Crippen molar-refractivity contribution < 1.29 is 27.5 Å². The molecule has 5 rings (SSSR count). The van der Waals surface area contributed by atoms with E-state index in [4.69, 9.17) is 4.98 Å². The van der Waals surface area contributed by atoms with Crippen LogP contribution in [-0.2, 0) is 13.0 Å². The highest BCUT2D eigenvalue weighted by atomic mass is 32.1. The van der Waals surface area contributed by atoms with Crippen LogP contribution in [0.2, 0.25) is 0 Å². The second-order valence-electron chi connectivity index (χ2n) is 10.1. The molecular formula is C32H30F3N3O3S. The molecule has 0 atom stereocenters.